The minimum atomic E-state index is -0.707. The largest absolute Gasteiger partial charge is 0.339 e. The predicted octanol–water partition coefficient (Wildman–Crippen LogP) is 2.85. The Morgan fingerprint density at radius 3 is 3.00 bits per heavy atom. The van der Waals surface area contributed by atoms with Crippen LogP contribution in [-0.4, -0.2) is 34.0 Å². The number of aromatic nitrogens is 2. The summed E-state index contributed by atoms with van der Waals surface area (Å²) >= 11 is 0. The van der Waals surface area contributed by atoms with Gasteiger partial charge in [0.15, 0.2) is 5.82 Å². The third-order valence-electron chi connectivity index (χ3n) is 5.27. The maximum Gasteiger partial charge on any atom is 0.256 e. The molecule has 0 unspecified atom stereocenters. The van der Waals surface area contributed by atoms with Crippen LogP contribution in [0.4, 0.5) is 8.78 Å². The molecule has 2 aromatic rings. The zero-order valence-corrected chi connectivity index (χ0v) is 13.3. The number of nitrogens with zero attached hydrogens (tertiary/aromatic N) is 3. The van der Waals surface area contributed by atoms with Crippen LogP contribution in [0.25, 0.3) is 0 Å². The van der Waals surface area contributed by atoms with Gasteiger partial charge in [0, 0.05) is 13.1 Å². The van der Waals surface area contributed by atoms with Crippen molar-refractivity contribution in [3.05, 3.63) is 47.1 Å². The Bertz CT molecular complexity index is 807. The molecule has 2 aliphatic rings. The van der Waals surface area contributed by atoms with Crippen molar-refractivity contribution >= 4 is 5.91 Å². The summed E-state index contributed by atoms with van der Waals surface area (Å²) in [5.41, 5.74) is -0.590. The van der Waals surface area contributed by atoms with E-state index in [1.54, 1.807) is 11.8 Å². The summed E-state index contributed by atoms with van der Waals surface area (Å²) in [4.78, 5) is 18.6. The van der Waals surface area contributed by atoms with Gasteiger partial charge in [-0.15, -0.1) is 0 Å². The molecule has 1 saturated carbocycles. The molecule has 2 atom stereocenters. The first-order valence-electron chi connectivity index (χ1n) is 8.05. The van der Waals surface area contributed by atoms with Gasteiger partial charge in [0.2, 0.25) is 5.89 Å². The second-order valence-corrected chi connectivity index (χ2v) is 6.70. The minimum Gasteiger partial charge on any atom is -0.339 e. The van der Waals surface area contributed by atoms with Gasteiger partial charge in [-0.1, -0.05) is 11.6 Å². The number of rotatable bonds is 2. The number of aryl methyl sites for hydroxylation is 1. The molecule has 7 heteroatoms. The van der Waals surface area contributed by atoms with Gasteiger partial charge in [-0.2, -0.15) is 4.98 Å². The number of carbonyl (C=O) groups excluding carboxylic acids is 1. The number of halogens is 2. The lowest BCUT2D eigenvalue weighted by Gasteiger charge is -2.24. The van der Waals surface area contributed by atoms with Crippen LogP contribution < -0.4 is 0 Å². The van der Waals surface area contributed by atoms with Gasteiger partial charge in [-0.25, -0.2) is 8.78 Å². The summed E-state index contributed by atoms with van der Waals surface area (Å²) in [5, 5.41) is 3.87. The Morgan fingerprint density at radius 1 is 1.42 bits per heavy atom. The normalized spacial score (nSPS) is 26.0. The molecule has 24 heavy (non-hydrogen) atoms. The smallest absolute Gasteiger partial charge is 0.256 e. The number of hydrogen-bond acceptors (Lipinski definition) is 4. The first kappa shape index (κ1) is 15.2. The van der Waals surface area contributed by atoms with E-state index < -0.39 is 17.5 Å². The molecule has 0 bridgehead atoms. The first-order valence-corrected chi connectivity index (χ1v) is 8.05. The van der Waals surface area contributed by atoms with Crippen molar-refractivity contribution in [3.8, 4) is 0 Å². The van der Waals surface area contributed by atoms with Gasteiger partial charge >= 0.3 is 0 Å². The van der Waals surface area contributed by atoms with E-state index in [1.807, 2.05) is 0 Å². The number of carbonyl (C=O) groups is 1. The SMILES string of the molecule is Cc1noc([C@]23CCC[C@H]2CN(C(=O)c2cc(F)ccc2F)C3)n1. The third-order valence-corrected chi connectivity index (χ3v) is 5.27. The Kier molecular flexibility index (Phi) is 3.40. The summed E-state index contributed by atoms with van der Waals surface area (Å²) in [6.07, 6.45) is 2.84. The lowest BCUT2D eigenvalue weighted by Crippen LogP contribution is -2.35. The fraction of sp³-hybridized carbons (Fsp3) is 0.471. The summed E-state index contributed by atoms with van der Waals surface area (Å²) < 4.78 is 32.7. The molecule has 1 aromatic heterocycles. The van der Waals surface area contributed by atoms with Crippen molar-refractivity contribution < 1.29 is 18.1 Å². The zero-order chi connectivity index (χ0) is 16.9. The highest BCUT2D eigenvalue weighted by atomic mass is 19.1. The predicted molar refractivity (Wildman–Crippen MR) is 80.3 cm³/mol. The second-order valence-electron chi connectivity index (χ2n) is 6.70. The quantitative estimate of drug-likeness (QED) is 0.848. The number of fused-ring (bicyclic) bond motifs is 1. The van der Waals surface area contributed by atoms with Crippen LogP contribution in [0.15, 0.2) is 22.7 Å². The molecule has 2 fully saturated rings. The fourth-order valence-electron chi connectivity index (χ4n) is 4.12. The summed E-state index contributed by atoms with van der Waals surface area (Å²) in [5.74, 6) is -0.499. The highest BCUT2D eigenvalue weighted by Gasteiger charge is 2.55. The standard InChI is InChI=1S/C17H17F2N3O2/c1-10-20-16(24-21-10)17-6-2-3-11(17)8-22(9-17)15(23)13-7-12(18)4-5-14(13)19/h4-5,7,11H,2-3,6,8-9H2,1H3/t11-,17-/m0/s1. The molecule has 126 valence electrons. The summed E-state index contributed by atoms with van der Waals surface area (Å²) in [6, 6.07) is 2.94. The van der Waals surface area contributed by atoms with Crippen LogP contribution in [0.3, 0.4) is 0 Å². The number of likely N-dealkylation sites (tertiary alicyclic amines) is 1. The van der Waals surface area contributed by atoms with Crippen molar-refractivity contribution in [1.82, 2.24) is 15.0 Å². The molecule has 2 heterocycles. The maximum absolute atomic E-state index is 13.9. The van der Waals surface area contributed by atoms with Crippen LogP contribution in [0.2, 0.25) is 0 Å². The molecule has 0 spiro atoms. The Hall–Kier alpha value is -2.31. The van der Waals surface area contributed by atoms with Gasteiger partial charge in [0.25, 0.3) is 5.91 Å². The number of hydrogen-bond donors (Lipinski definition) is 0. The third kappa shape index (κ3) is 2.22. The van der Waals surface area contributed by atoms with E-state index in [1.165, 1.54) is 0 Å². The highest BCUT2D eigenvalue weighted by molar-refractivity contribution is 5.94. The Morgan fingerprint density at radius 2 is 2.25 bits per heavy atom. The molecular formula is C17H17F2N3O2. The average molecular weight is 333 g/mol. The molecule has 1 saturated heterocycles. The van der Waals surface area contributed by atoms with Crippen molar-refractivity contribution in [2.75, 3.05) is 13.1 Å². The van der Waals surface area contributed by atoms with E-state index in [4.69, 9.17) is 4.52 Å². The van der Waals surface area contributed by atoms with E-state index in [-0.39, 0.29) is 16.9 Å². The molecule has 4 rings (SSSR count). The molecule has 1 aromatic carbocycles. The van der Waals surface area contributed by atoms with Crippen molar-refractivity contribution in [2.24, 2.45) is 5.92 Å². The highest BCUT2D eigenvalue weighted by Crippen LogP contribution is 2.50. The van der Waals surface area contributed by atoms with Crippen LogP contribution in [-0.2, 0) is 5.41 Å². The molecule has 0 N–H and O–H groups in total. The molecule has 5 nitrogen and oxygen atoms in total. The zero-order valence-electron chi connectivity index (χ0n) is 13.3. The van der Waals surface area contributed by atoms with Crippen LogP contribution in [0, 0.1) is 24.5 Å². The van der Waals surface area contributed by atoms with Crippen molar-refractivity contribution in [3.63, 3.8) is 0 Å². The molecule has 0 radical (unpaired) electrons. The molecular weight excluding hydrogens is 316 g/mol. The topological polar surface area (TPSA) is 59.2 Å². The van der Waals surface area contributed by atoms with E-state index in [0.717, 1.165) is 37.5 Å². The summed E-state index contributed by atoms with van der Waals surface area (Å²) in [7, 11) is 0. The number of amides is 1. The van der Waals surface area contributed by atoms with Crippen LogP contribution >= 0.6 is 0 Å². The monoisotopic (exact) mass is 333 g/mol. The van der Waals surface area contributed by atoms with Gasteiger partial charge in [0.05, 0.1) is 11.0 Å². The Balaban J connectivity index is 1.65. The molecule has 1 aliphatic carbocycles. The Labute approximate surface area is 137 Å². The van der Waals surface area contributed by atoms with E-state index in [2.05, 4.69) is 10.1 Å². The van der Waals surface area contributed by atoms with E-state index in [9.17, 15) is 13.6 Å². The van der Waals surface area contributed by atoms with E-state index >= 15 is 0 Å². The van der Waals surface area contributed by atoms with Crippen LogP contribution in [0.1, 0.15) is 41.3 Å². The minimum absolute atomic E-state index is 0.206. The van der Waals surface area contributed by atoms with Gasteiger partial charge in [-0.05, 0) is 43.9 Å². The lowest BCUT2D eigenvalue weighted by molar-refractivity contribution is 0.0770. The van der Waals surface area contributed by atoms with Crippen molar-refractivity contribution in [1.29, 1.82) is 0 Å². The van der Waals surface area contributed by atoms with Crippen LogP contribution in [0.5, 0.6) is 0 Å². The number of benzene rings is 1. The van der Waals surface area contributed by atoms with Gasteiger partial charge in [-0.3, -0.25) is 4.79 Å². The van der Waals surface area contributed by atoms with Crippen molar-refractivity contribution in [2.45, 2.75) is 31.6 Å². The fourth-order valence-corrected chi connectivity index (χ4v) is 4.12. The maximum atomic E-state index is 13.9. The summed E-state index contributed by atoms with van der Waals surface area (Å²) in [6.45, 7) is 2.65. The molecule has 1 aliphatic heterocycles. The molecule has 1 amide bonds. The average Bonchev–Trinajstić information content (AvgIpc) is 3.22. The van der Waals surface area contributed by atoms with Gasteiger partial charge < -0.3 is 9.42 Å². The second kappa shape index (κ2) is 5.36. The van der Waals surface area contributed by atoms with Gasteiger partial charge in [0.1, 0.15) is 11.6 Å². The lowest BCUT2D eigenvalue weighted by atomic mass is 9.80. The van der Waals surface area contributed by atoms with E-state index in [0.29, 0.717) is 24.8 Å². The first-order chi connectivity index (χ1) is 11.5.